The molecule has 1 aliphatic rings. The summed E-state index contributed by atoms with van der Waals surface area (Å²) in [4.78, 5) is 28.5. The molecule has 2 heterocycles. The quantitative estimate of drug-likeness (QED) is 0.870. The molecule has 1 atom stereocenters. The van der Waals surface area contributed by atoms with Gasteiger partial charge in [0.1, 0.15) is 5.02 Å². The van der Waals surface area contributed by atoms with Gasteiger partial charge in [-0.15, -0.1) is 0 Å². The fourth-order valence-electron chi connectivity index (χ4n) is 3.00. The van der Waals surface area contributed by atoms with Crippen LogP contribution in [0.25, 0.3) is 5.69 Å². The number of piperazine rings is 1. The molecule has 0 spiro atoms. The first-order chi connectivity index (χ1) is 12.5. The van der Waals surface area contributed by atoms with Crippen molar-refractivity contribution in [1.29, 1.82) is 0 Å². The van der Waals surface area contributed by atoms with Gasteiger partial charge in [0, 0.05) is 38.6 Å². The highest BCUT2D eigenvalue weighted by atomic mass is 35.5. The average molecular weight is 376 g/mol. The van der Waals surface area contributed by atoms with Crippen molar-refractivity contribution in [3.63, 3.8) is 0 Å². The van der Waals surface area contributed by atoms with Crippen LogP contribution in [0.3, 0.4) is 0 Å². The maximum Gasteiger partial charge on any atom is 0.292 e. The Labute approximate surface area is 157 Å². The third-order valence-electron chi connectivity index (χ3n) is 4.37. The first kappa shape index (κ1) is 18.4. The molecule has 1 aromatic carbocycles. The Bertz CT molecular complexity index is 829. The Balaban J connectivity index is 1.74. The Hall–Kier alpha value is -2.38. The van der Waals surface area contributed by atoms with Crippen molar-refractivity contribution in [3.8, 4) is 5.69 Å². The summed E-state index contributed by atoms with van der Waals surface area (Å²) in [6.07, 6.45) is 1.95. The molecule has 0 radical (unpaired) electrons. The molecule has 1 fully saturated rings. The predicted octanol–water partition coefficient (Wildman–Crippen LogP) is 1.27. The third-order valence-corrected chi connectivity index (χ3v) is 4.73. The zero-order valence-corrected chi connectivity index (χ0v) is 15.4. The molecule has 1 saturated heterocycles. The number of nitrogens with zero attached hydrogens (tertiary/aromatic N) is 4. The maximum atomic E-state index is 12.6. The van der Waals surface area contributed by atoms with E-state index in [2.05, 4.69) is 5.10 Å². The lowest BCUT2D eigenvalue weighted by Gasteiger charge is -2.36. The molecule has 7 nitrogen and oxygen atoms in total. The van der Waals surface area contributed by atoms with Crippen LogP contribution in [0.1, 0.15) is 13.3 Å². The Morgan fingerprint density at radius 1 is 1.23 bits per heavy atom. The molecular weight excluding hydrogens is 354 g/mol. The number of rotatable bonds is 4. The van der Waals surface area contributed by atoms with Gasteiger partial charge in [-0.2, -0.15) is 9.78 Å². The number of amides is 1. The molecular formula is C18H22ClN5O2. The van der Waals surface area contributed by atoms with E-state index >= 15 is 0 Å². The lowest BCUT2D eigenvalue weighted by Crippen LogP contribution is -2.50. The van der Waals surface area contributed by atoms with Crippen LogP contribution in [0.5, 0.6) is 0 Å². The molecule has 1 aromatic heterocycles. The smallest absolute Gasteiger partial charge is 0.292 e. The molecule has 138 valence electrons. The highest BCUT2D eigenvalue weighted by Crippen LogP contribution is 2.23. The minimum absolute atomic E-state index is 0.0587. The molecule has 0 aliphatic carbocycles. The number of hydrogen-bond acceptors (Lipinski definition) is 5. The summed E-state index contributed by atoms with van der Waals surface area (Å²) < 4.78 is 1.29. The van der Waals surface area contributed by atoms with Crippen LogP contribution in [0.2, 0.25) is 5.02 Å². The summed E-state index contributed by atoms with van der Waals surface area (Å²) in [5, 5.41) is 4.40. The number of carbonyl (C=O) groups is 1. The highest BCUT2D eigenvalue weighted by Gasteiger charge is 2.24. The van der Waals surface area contributed by atoms with Crippen LogP contribution in [-0.2, 0) is 4.79 Å². The first-order valence-electron chi connectivity index (χ1n) is 8.59. The van der Waals surface area contributed by atoms with E-state index in [1.807, 2.05) is 30.0 Å². The molecule has 1 amide bonds. The van der Waals surface area contributed by atoms with E-state index in [0.29, 0.717) is 44.0 Å². The van der Waals surface area contributed by atoms with E-state index < -0.39 is 0 Å². The van der Waals surface area contributed by atoms with Crippen molar-refractivity contribution in [2.24, 2.45) is 5.73 Å². The van der Waals surface area contributed by atoms with Gasteiger partial charge in [0.05, 0.1) is 17.6 Å². The summed E-state index contributed by atoms with van der Waals surface area (Å²) in [6, 6.07) is 9.00. The monoisotopic (exact) mass is 375 g/mol. The normalized spacial score (nSPS) is 15.8. The lowest BCUT2D eigenvalue weighted by molar-refractivity contribution is -0.131. The molecule has 1 aliphatic heterocycles. The van der Waals surface area contributed by atoms with Crippen LogP contribution >= 0.6 is 11.6 Å². The second-order valence-electron chi connectivity index (χ2n) is 6.45. The van der Waals surface area contributed by atoms with Crippen molar-refractivity contribution < 1.29 is 4.79 Å². The van der Waals surface area contributed by atoms with Crippen LogP contribution in [0.15, 0.2) is 41.3 Å². The van der Waals surface area contributed by atoms with Gasteiger partial charge in [0.15, 0.2) is 0 Å². The van der Waals surface area contributed by atoms with Gasteiger partial charge >= 0.3 is 0 Å². The highest BCUT2D eigenvalue weighted by molar-refractivity contribution is 6.33. The van der Waals surface area contributed by atoms with Gasteiger partial charge in [0.25, 0.3) is 5.56 Å². The third kappa shape index (κ3) is 3.89. The summed E-state index contributed by atoms with van der Waals surface area (Å²) >= 11 is 6.34. The molecule has 3 rings (SSSR count). The first-order valence-corrected chi connectivity index (χ1v) is 8.96. The maximum absolute atomic E-state index is 12.6. The van der Waals surface area contributed by atoms with E-state index in [1.54, 1.807) is 23.2 Å². The van der Waals surface area contributed by atoms with Crippen LogP contribution in [0.4, 0.5) is 5.69 Å². The van der Waals surface area contributed by atoms with Gasteiger partial charge in [-0.1, -0.05) is 29.8 Å². The minimum atomic E-state index is -0.356. The number of aromatic nitrogens is 2. The predicted molar refractivity (Wildman–Crippen MR) is 102 cm³/mol. The van der Waals surface area contributed by atoms with Crippen molar-refractivity contribution in [3.05, 3.63) is 51.9 Å². The average Bonchev–Trinajstić information content (AvgIpc) is 2.64. The van der Waals surface area contributed by atoms with Gasteiger partial charge in [-0.3, -0.25) is 9.59 Å². The zero-order valence-electron chi connectivity index (χ0n) is 14.6. The van der Waals surface area contributed by atoms with Gasteiger partial charge in [0.2, 0.25) is 5.91 Å². The van der Waals surface area contributed by atoms with E-state index in [1.165, 1.54) is 4.68 Å². The SMILES string of the molecule is CC(N)CC(=O)N1CCN(c2cnn(-c3ccccc3)c(=O)c2Cl)CC1. The number of halogens is 1. The second-order valence-corrected chi connectivity index (χ2v) is 6.82. The van der Waals surface area contributed by atoms with E-state index in [-0.39, 0.29) is 22.5 Å². The number of para-hydroxylation sites is 1. The number of anilines is 1. The van der Waals surface area contributed by atoms with E-state index in [4.69, 9.17) is 17.3 Å². The standard InChI is InChI=1S/C18H22ClN5O2/c1-13(20)11-16(25)23-9-7-22(8-10-23)15-12-21-24(18(26)17(15)19)14-5-3-2-4-6-14/h2-6,12-13H,7-11,20H2,1H3. The number of nitrogens with two attached hydrogens (primary N) is 1. The topological polar surface area (TPSA) is 84.5 Å². The lowest BCUT2D eigenvalue weighted by atomic mass is 10.2. The van der Waals surface area contributed by atoms with Crippen molar-refractivity contribution >= 4 is 23.2 Å². The molecule has 2 N–H and O–H groups in total. The molecule has 26 heavy (non-hydrogen) atoms. The van der Waals surface area contributed by atoms with Crippen molar-refractivity contribution in [2.45, 2.75) is 19.4 Å². The molecule has 8 heteroatoms. The fraction of sp³-hybridized carbons (Fsp3) is 0.389. The van der Waals surface area contributed by atoms with Gasteiger partial charge in [-0.05, 0) is 19.1 Å². The molecule has 2 aromatic rings. The largest absolute Gasteiger partial charge is 0.365 e. The van der Waals surface area contributed by atoms with Gasteiger partial charge < -0.3 is 15.5 Å². The second kappa shape index (κ2) is 7.88. The Morgan fingerprint density at radius 2 is 1.88 bits per heavy atom. The molecule has 0 saturated carbocycles. The summed E-state index contributed by atoms with van der Waals surface area (Å²) in [7, 11) is 0. The molecule has 0 bridgehead atoms. The van der Waals surface area contributed by atoms with Gasteiger partial charge in [-0.25, -0.2) is 0 Å². The summed E-state index contributed by atoms with van der Waals surface area (Å²) in [5.41, 5.74) is 6.60. The number of hydrogen-bond donors (Lipinski definition) is 1. The van der Waals surface area contributed by atoms with Crippen LogP contribution in [-0.4, -0.2) is 52.8 Å². The van der Waals surface area contributed by atoms with Crippen LogP contribution in [0, 0.1) is 0 Å². The Kier molecular flexibility index (Phi) is 5.58. The van der Waals surface area contributed by atoms with Crippen molar-refractivity contribution in [1.82, 2.24) is 14.7 Å². The Morgan fingerprint density at radius 3 is 2.50 bits per heavy atom. The van der Waals surface area contributed by atoms with Crippen LogP contribution < -0.4 is 16.2 Å². The summed E-state index contributed by atoms with van der Waals surface area (Å²) in [5.74, 6) is 0.0587. The fourth-order valence-corrected chi connectivity index (χ4v) is 3.25. The van der Waals surface area contributed by atoms with Crippen molar-refractivity contribution in [2.75, 3.05) is 31.1 Å². The zero-order chi connectivity index (χ0) is 18.7. The molecule has 1 unspecified atom stereocenters. The minimum Gasteiger partial charge on any atom is -0.365 e. The van der Waals surface area contributed by atoms with E-state index in [9.17, 15) is 9.59 Å². The number of carbonyl (C=O) groups excluding carboxylic acids is 1. The summed E-state index contributed by atoms with van der Waals surface area (Å²) in [6.45, 7) is 4.16. The number of benzene rings is 1. The van der Waals surface area contributed by atoms with E-state index in [0.717, 1.165) is 0 Å².